The first kappa shape index (κ1) is 20.9. The molecule has 2 aromatic rings. The van der Waals surface area contributed by atoms with Gasteiger partial charge < -0.3 is 15.0 Å². The quantitative estimate of drug-likeness (QED) is 0.739. The molecule has 1 saturated heterocycles. The van der Waals surface area contributed by atoms with Gasteiger partial charge in [-0.2, -0.15) is 0 Å². The van der Waals surface area contributed by atoms with Crippen molar-refractivity contribution in [3.8, 4) is 5.75 Å². The zero-order valence-electron chi connectivity index (χ0n) is 17.5. The number of benzene rings is 2. The topological polar surface area (TPSA) is 58.6 Å². The van der Waals surface area contributed by atoms with Crippen molar-refractivity contribution in [3.05, 3.63) is 59.7 Å². The molecular weight excluding hydrogens is 364 g/mol. The number of piperidine rings is 1. The standard InChI is InChI=1S/C24H30N2O3/c1-4-5-16-26-22(27)15-14-19(23(26)18-11-7-9-13-21(18)29-3)24(28)25-20-12-8-6-10-17(20)2/h6-13,19,23H,4-5,14-16H2,1-3H3,(H,25,28)/t19-,23-/m1/s1. The van der Waals surface area contributed by atoms with E-state index in [2.05, 4.69) is 12.2 Å². The highest BCUT2D eigenvalue weighted by molar-refractivity contribution is 5.95. The fourth-order valence-electron chi connectivity index (χ4n) is 4.05. The Morgan fingerprint density at radius 1 is 1.17 bits per heavy atom. The summed E-state index contributed by atoms with van der Waals surface area (Å²) in [6.07, 6.45) is 2.81. The summed E-state index contributed by atoms with van der Waals surface area (Å²) in [5, 5.41) is 3.09. The highest BCUT2D eigenvalue weighted by atomic mass is 16.5. The van der Waals surface area contributed by atoms with E-state index in [1.807, 2.05) is 60.4 Å². The first-order valence-electron chi connectivity index (χ1n) is 10.4. The average molecular weight is 395 g/mol. The fraction of sp³-hybridized carbons (Fsp3) is 0.417. The van der Waals surface area contributed by atoms with Gasteiger partial charge in [-0.25, -0.2) is 0 Å². The van der Waals surface area contributed by atoms with E-state index in [0.29, 0.717) is 25.1 Å². The monoisotopic (exact) mass is 394 g/mol. The van der Waals surface area contributed by atoms with Gasteiger partial charge in [0.2, 0.25) is 11.8 Å². The van der Waals surface area contributed by atoms with Gasteiger partial charge in [0.15, 0.2) is 0 Å². The Balaban J connectivity index is 1.97. The van der Waals surface area contributed by atoms with Crippen LogP contribution in [0.5, 0.6) is 5.75 Å². The lowest BCUT2D eigenvalue weighted by molar-refractivity contribution is -0.142. The molecule has 154 valence electrons. The zero-order valence-corrected chi connectivity index (χ0v) is 17.5. The number of amides is 2. The van der Waals surface area contributed by atoms with Crippen molar-refractivity contribution >= 4 is 17.5 Å². The van der Waals surface area contributed by atoms with Crippen LogP contribution in [0, 0.1) is 12.8 Å². The average Bonchev–Trinajstić information content (AvgIpc) is 2.74. The summed E-state index contributed by atoms with van der Waals surface area (Å²) in [5.74, 6) is 0.432. The molecule has 2 atom stereocenters. The molecular formula is C24H30N2O3. The van der Waals surface area contributed by atoms with Crippen LogP contribution in [-0.2, 0) is 9.59 Å². The van der Waals surface area contributed by atoms with Crippen LogP contribution >= 0.6 is 0 Å². The summed E-state index contributed by atoms with van der Waals surface area (Å²) in [7, 11) is 1.63. The lowest BCUT2D eigenvalue weighted by Gasteiger charge is -2.41. The normalized spacial score (nSPS) is 19.1. The van der Waals surface area contributed by atoms with Crippen LogP contribution in [0.3, 0.4) is 0 Å². The molecule has 0 aromatic heterocycles. The van der Waals surface area contributed by atoms with Crippen molar-refractivity contribution in [1.82, 2.24) is 4.90 Å². The van der Waals surface area contributed by atoms with Gasteiger partial charge in [0.05, 0.1) is 19.1 Å². The number of hydrogen-bond donors (Lipinski definition) is 1. The number of unbranched alkanes of at least 4 members (excludes halogenated alkanes) is 1. The number of carbonyl (C=O) groups is 2. The molecule has 5 heteroatoms. The van der Waals surface area contributed by atoms with Gasteiger partial charge in [0, 0.05) is 24.2 Å². The number of para-hydroxylation sites is 2. The molecule has 0 saturated carbocycles. The molecule has 3 rings (SSSR count). The number of likely N-dealkylation sites (tertiary alicyclic amines) is 1. The zero-order chi connectivity index (χ0) is 20.8. The van der Waals surface area contributed by atoms with Crippen LogP contribution in [0.2, 0.25) is 0 Å². The summed E-state index contributed by atoms with van der Waals surface area (Å²) < 4.78 is 5.58. The van der Waals surface area contributed by atoms with E-state index in [0.717, 1.165) is 29.7 Å². The maximum Gasteiger partial charge on any atom is 0.229 e. The number of nitrogens with one attached hydrogen (secondary N) is 1. The largest absolute Gasteiger partial charge is 0.496 e. The third kappa shape index (κ3) is 4.61. The molecule has 2 amide bonds. The molecule has 1 heterocycles. The number of rotatable bonds is 7. The van der Waals surface area contributed by atoms with Crippen LogP contribution in [0.4, 0.5) is 5.69 Å². The summed E-state index contributed by atoms with van der Waals surface area (Å²) in [5.41, 5.74) is 2.72. The van der Waals surface area contributed by atoms with E-state index in [4.69, 9.17) is 4.74 Å². The first-order valence-corrected chi connectivity index (χ1v) is 10.4. The van der Waals surface area contributed by atoms with Crippen LogP contribution in [-0.4, -0.2) is 30.4 Å². The van der Waals surface area contributed by atoms with Gasteiger partial charge in [-0.3, -0.25) is 9.59 Å². The highest BCUT2D eigenvalue weighted by Gasteiger charge is 2.41. The highest BCUT2D eigenvalue weighted by Crippen LogP contribution is 2.41. The van der Waals surface area contributed by atoms with E-state index in [1.54, 1.807) is 7.11 Å². The molecule has 1 aliphatic rings. The van der Waals surface area contributed by atoms with E-state index in [9.17, 15) is 9.59 Å². The predicted molar refractivity (Wildman–Crippen MR) is 115 cm³/mol. The Morgan fingerprint density at radius 3 is 2.62 bits per heavy atom. The second-order valence-electron chi connectivity index (χ2n) is 7.58. The van der Waals surface area contributed by atoms with Crippen molar-refractivity contribution < 1.29 is 14.3 Å². The number of anilines is 1. The number of aryl methyl sites for hydroxylation is 1. The minimum absolute atomic E-state index is 0.0517. The second kappa shape index (κ2) is 9.59. The Kier molecular flexibility index (Phi) is 6.91. The predicted octanol–water partition coefficient (Wildman–Crippen LogP) is 4.72. The van der Waals surface area contributed by atoms with Crippen molar-refractivity contribution in [2.45, 2.75) is 45.6 Å². The molecule has 5 nitrogen and oxygen atoms in total. The lowest BCUT2D eigenvalue weighted by atomic mass is 9.83. The van der Waals surface area contributed by atoms with Crippen molar-refractivity contribution in [3.63, 3.8) is 0 Å². The summed E-state index contributed by atoms with van der Waals surface area (Å²) in [6, 6.07) is 15.1. The third-order valence-corrected chi connectivity index (χ3v) is 5.66. The minimum Gasteiger partial charge on any atom is -0.496 e. The number of methoxy groups -OCH3 is 1. The van der Waals surface area contributed by atoms with Gasteiger partial charge in [0.25, 0.3) is 0 Å². The van der Waals surface area contributed by atoms with Crippen molar-refractivity contribution in [2.24, 2.45) is 5.92 Å². The Hall–Kier alpha value is -2.82. The molecule has 2 aromatic carbocycles. The van der Waals surface area contributed by atoms with Gasteiger partial charge >= 0.3 is 0 Å². The third-order valence-electron chi connectivity index (χ3n) is 5.66. The van der Waals surface area contributed by atoms with Gasteiger partial charge in [-0.1, -0.05) is 49.7 Å². The van der Waals surface area contributed by atoms with Crippen LogP contribution < -0.4 is 10.1 Å². The van der Waals surface area contributed by atoms with Crippen molar-refractivity contribution in [2.75, 3.05) is 19.0 Å². The van der Waals surface area contributed by atoms with Gasteiger partial charge in [-0.15, -0.1) is 0 Å². The molecule has 0 radical (unpaired) electrons. The van der Waals surface area contributed by atoms with Crippen molar-refractivity contribution in [1.29, 1.82) is 0 Å². The molecule has 29 heavy (non-hydrogen) atoms. The molecule has 0 unspecified atom stereocenters. The van der Waals surface area contributed by atoms with Gasteiger partial charge in [0.1, 0.15) is 5.75 Å². The molecule has 1 fully saturated rings. The molecule has 0 bridgehead atoms. The second-order valence-corrected chi connectivity index (χ2v) is 7.58. The number of hydrogen-bond acceptors (Lipinski definition) is 3. The molecule has 1 N–H and O–H groups in total. The lowest BCUT2D eigenvalue weighted by Crippen LogP contribution is -2.47. The molecule has 0 spiro atoms. The number of ether oxygens (including phenoxy) is 1. The van der Waals surface area contributed by atoms with E-state index in [-0.39, 0.29) is 23.8 Å². The summed E-state index contributed by atoms with van der Waals surface area (Å²) >= 11 is 0. The maximum absolute atomic E-state index is 13.3. The Bertz CT molecular complexity index is 865. The van der Waals surface area contributed by atoms with Crippen LogP contribution in [0.15, 0.2) is 48.5 Å². The van der Waals surface area contributed by atoms with Crippen LogP contribution in [0.25, 0.3) is 0 Å². The number of nitrogens with zero attached hydrogens (tertiary/aromatic N) is 1. The molecule has 0 aliphatic carbocycles. The van der Waals surface area contributed by atoms with E-state index in [1.165, 1.54) is 0 Å². The van der Waals surface area contributed by atoms with Crippen LogP contribution in [0.1, 0.15) is 49.8 Å². The molecule has 1 aliphatic heterocycles. The van der Waals surface area contributed by atoms with Gasteiger partial charge in [-0.05, 0) is 37.5 Å². The first-order chi connectivity index (χ1) is 14.1. The minimum atomic E-state index is -0.333. The summed E-state index contributed by atoms with van der Waals surface area (Å²) in [6.45, 7) is 4.73. The maximum atomic E-state index is 13.3. The smallest absolute Gasteiger partial charge is 0.229 e. The van der Waals surface area contributed by atoms with E-state index < -0.39 is 0 Å². The van der Waals surface area contributed by atoms with E-state index >= 15 is 0 Å². The summed E-state index contributed by atoms with van der Waals surface area (Å²) in [4.78, 5) is 28.0. The SMILES string of the molecule is CCCCN1C(=O)CC[C@@H](C(=O)Nc2ccccc2C)[C@H]1c1ccccc1OC. The Labute approximate surface area is 173 Å². The number of carbonyl (C=O) groups excluding carboxylic acids is 2. The fourth-order valence-corrected chi connectivity index (χ4v) is 4.05. The Morgan fingerprint density at radius 2 is 1.90 bits per heavy atom.